The molecule has 4 nitrogen and oxygen atoms in total. The molecule has 0 aliphatic heterocycles. The molecule has 4 heteroatoms. The van der Waals surface area contributed by atoms with Crippen molar-refractivity contribution in [1.82, 2.24) is 9.38 Å². The molecule has 152 valence electrons. The lowest BCUT2D eigenvalue weighted by Crippen LogP contribution is -2.17. The first-order chi connectivity index (χ1) is 14.3. The minimum absolute atomic E-state index is 0.0409. The Morgan fingerprint density at radius 1 is 0.867 bits per heavy atom. The van der Waals surface area contributed by atoms with E-state index in [0.717, 1.165) is 45.0 Å². The average molecular weight is 398 g/mol. The average Bonchev–Trinajstić information content (AvgIpc) is 3.07. The number of nitrogens with zero attached hydrogens (tertiary/aromatic N) is 2. The maximum absolute atomic E-state index is 13.1. The van der Waals surface area contributed by atoms with Crippen LogP contribution >= 0.6 is 0 Å². The topological polar surface area (TPSA) is 46.4 Å². The number of hydrogen-bond donors (Lipinski definition) is 1. The Bertz CT molecular complexity index is 1250. The number of nitrogens with one attached hydrogen (secondary N) is 1. The van der Waals surface area contributed by atoms with Crippen molar-refractivity contribution in [2.24, 2.45) is 0 Å². The van der Waals surface area contributed by atoms with Crippen molar-refractivity contribution >= 4 is 17.2 Å². The first kappa shape index (κ1) is 19.9. The SMILES string of the molecule is Cc1ccc(-c2nc3c(C)cccn3c2CC(=O)Nc2c(C)cccc2C)cc1C. The summed E-state index contributed by atoms with van der Waals surface area (Å²) in [7, 11) is 0. The van der Waals surface area contributed by atoms with Crippen LogP contribution in [0.4, 0.5) is 5.69 Å². The van der Waals surface area contributed by atoms with E-state index in [0.29, 0.717) is 0 Å². The van der Waals surface area contributed by atoms with E-state index in [4.69, 9.17) is 4.98 Å². The van der Waals surface area contributed by atoms with Crippen LogP contribution in [0.15, 0.2) is 54.7 Å². The van der Waals surface area contributed by atoms with Crippen LogP contribution in [0.3, 0.4) is 0 Å². The molecule has 30 heavy (non-hydrogen) atoms. The molecule has 1 amide bonds. The largest absolute Gasteiger partial charge is 0.325 e. The third kappa shape index (κ3) is 3.61. The second kappa shape index (κ2) is 7.79. The van der Waals surface area contributed by atoms with Gasteiger partial charge in [-0.25, -0.2) is 4.98 Å². The number of para-hydroxylation sites is 1. The van der Waals surface area contributed by atoms with Crippen LogP contribution in [0.25, 0.3) is 16.9 Å². The quantitative estimate of drug-likeness (QED) is 0.478. The first-order valence-corrected chi connectivity index (χ1v) is 10.3. The lowest BCUT2D eigenvalue weighted by Gasteiger charge is -2.12. The van der Waals surface area contributed by atoms with Crippen LogP contribution in [0, 0.1) is 34.6 Å². The van der Waals surface area contributed by atoms with Gasteiger partial charge in [-0.3, -0.25) is 4.79 Å². The molecule has 0 radical (unpaired) electrons. The lowest BCUT2D eigenvalue weighted by molar-refractivity contribution is -0.115. The Morgan fingerprint density at radius 3 is 2.27 bits per heavy atom. The molecule has 0 spiro atoms. The van der Waals surface area contributed by atoms with Crippen LogP contribution in [0.5, 0.6) is 0 Å². The second-order valence-corrected chi connectivity index (χ2v) is 8.08. The van der Waals surface area contributed by atoms with Crippen LogP contribution in [0.1, 0.15) is 33.5 Å². The summed E-state index contributed by atoms with van der Waals surface area (Å²) in [6.07, 6.45) is 2.24. The predicted octanol–water partition coefficient (Wildman–Crippen LogP) is 5.72. The summed E-state index contributed by atoms with van der Waals surface area (Å²) in [4.78, 5) is 18.0. The van der Waals surface area contributed by atoms with Gasteiger partial charge in [0, 0.05) is 17.4 Å². The Morgan fingerprint density at radius 2 is 1.57 bits per heavy atom. The van der Waals surface area contributed by atoms with Gasteiger partial charge in [0.15, 0.2) is 0 Å². The number of imidazole rings is 1. The zero-order chi connectivity index (χ0) is 21.4. The third-order valence-corrected chi connectivity index (χ3v) is 5.80. The molecular weight excluding hydrogens is 370 g/mol. The highest BCUT2D eigenvalue weighted by molar-refractivity contribution is 5.94. The Balaban J connectivity index is 1.78. The molecule has 0 atom stereocenters. The van der Waals surface area contributed by atoms with Crippen molar-refractivity contribution in [2.45, 2.75) is 41.0 Å². The van der Waals surface area contributed by atoms with E-state index in [2.05, 4.69) is 37.4 Å². The zero-order valence-electron chi connectivity index (χ0n) is 18.2. The zero-order valence-corrected chi connectivity index (χ0v) is 18.2. The Kier molecular flexibility index (Phi) is 5.17. The highest BCUT2D eigenvalue weighted by Crippen LogP contribution is 2.28. The van der Waals surface area contributed by atoms with Gasteiger partial charge in [0.05, 0.1) is 17.8 Å². The number of carbonyl (C=O) groups excluding carboxylic acids is 1. The molecule has 1 N–H and O–H groups in total. The fourth-order valence-electron chi connectivity index (χ4n) is 3.89. The number of fused-ring (bicyclic) bond motifs is 1. The first-order valence-electron chi connectivity index (χ1n) is 10.3. The summed E-state index contributed by atoms with van der Waals surface area (Å²) in [5, 5.41) is 3.12. The Hall–Kier alpha value is -3.40. The Labute approximate surface area is 177 Å². The van der Waals surface area contributed by atoms with Crippen molar-refractivity contribution < 1.29 is 4.79 Å². The monoisotopic (exact) mass is 397 g/mol. The van der Waals surface area contributed by atoms with Gasteiger partial charge >= 0.3 is 0 Å². The number of rotatable bonds is 4. The lowest BCUT2D eigenvalue weighted by atomic mass is 10.0. The van der Waals surface area contributed by atoms with Gasteiger partial charge in [-0.1, -0.05) is 36.4 Å². The molecule has 0 aliphatic carbocycles. The van der Waals surface area contributed by atoms with Crippen molar-refractivity contribution in [1.29, 1.82) is 0 Å². The number of pyridine rings is 1. The smallest absolute Gasteiger partial charge is 0.230 e. The number of anilines is 1. The standard InChI is InChI=1S/C26H27N3O/c1-16-11-12-21(14-20(16)5)25-22(29-13-7-10-19(4)26(29)28-25)15-23(30)27-24-17(2)8-6-9-18(24)3/h6-14H,15H2,1-5H3,(H,27,30). The van der Waals surface area contributed by atoms with Gasteiger partial charge in [-0.05, 0) is 74.6 Å². The highest BCUT2D eigenvalue weighted by Gasteiger charge is 2.19. The van der Waals surface area contributed by atoms with Crippen LogP contribution in [-0.2, 0) is 11.2 Å². The van der Waals surface area contributed by atoms with E-state index in [9.17, 15) is 4.79 Å². The summed E-state index contributed by atoms with van der Waals surface area (Å²) in [5.74, 6) is -0.0409. The molecule has 2 aromatic heterocycles. The van der Waals surface area contributed by atoms with Crippen LogP contribution < -0.4 is 5.32 Å². The molecule has 4 aromatic rings. The van der Waals surface area contributed by atoms with E-state index < -0.39 is 0 Å². The van der Waals surface area contributed by atoms with Gasteiger partial charge in [0.2, 0.25) is 5.91 Å². The number of aryl methyl sites for hydroxylation is 5. The molecule has 0 fully saturated rings. The summed E-state index contributed by atoms with van der Waals surface area (Å²) in [6.45, 7) is 10.3. The molecule has 4 rings (SSSR count). The fourth-order valence-corrected chi connectivity index (χ4v) is 3.89. The molecular formula is C26H27N3O. The van der Waals surface area contributed by atoms with Gasteiger partial charge in [-0.15, -0.1) is 0 Å². The summed E-state index contributed by atoms with van der Waals surface area (Å²) in [5.41, 5.74) is 10.3. The van der Waals surface area contributed by atoms with Gasteiger partial charge in [0.1, 0.15) is 5.65 Å². The van der Waals surface area contributed by atoms with E-state index in [1.807, 2.05) is 61.7 Å². The van der Waals surface area contributed by atoms with E-state index in [1.54, 1.807) is 0 Å². The van der Waals surface area contributed by atoms with Crippen molar-refractivity contribution in [3.8, 4) is 11.3 Å². The number of amides is 1. The van der Waals surface area contributed by atoms with Gasteiger partial charge < -0.3 is 9.72 Å². The molecule has 2 heterocycles. The predicted molar refractivity (Wildman–Crippen MR) is 123 cm³/mol. The fraction of sp³-hybridized carbons (Fsp3) is 0.231. The van der Waals surface area contributed by atoms with E-state index in [1.165, 1.54) is 11.1 Å². The summed E-state index contributed by atoms with van der Waals surface area (Å²) < 4.78 is 2.05. The number of carbonyl (C=O) groups is 1. The minimum Gasteiger partial charge on any atom is -0.325 e. The molecule has 0 aliphatic rings. The van der Waals surface area contributed by atoms with Crippen molar-refractivity contribution in [2.75, 3.05) is 5.32 Å². The highest BCUT2D eigenvalue weighted by atomic mass is 16.1. The molecule has 0 bridgehead atoms. The second-order valence-electron chi connectivity index (χ2n) is 8.08. The van der Waals surface area contributed by atoms with Crippen LogP contribution in [0.2, 0.25) is 0 Å². The maximum atomic E-state index is 13.1. The van der Waals surface area contributed by atoms with Gasteiger partial charge in [-0.2, -0.15) is 0 Å². The summed E-state index contributed by atoms with van der Waals surface area (Å²) in [6, 6.07) is 16.4. The van der Waals surface area contributed by atoms with E-state index >= 15 is 0 Å². The molecule has 2 aromatic carbocycles. The van der Waals surface area contributed by atoms with Gasteiger partial charge in [0.25, 0.3) is 0 Å². The number of hydrogen-bond acceptors (Lipinski definition) is 2. The normalized spacial score (nSPS) is 11.1. The van der Waals surface area contributed by atoms with Crippen molar-refractivity contribution in [3.63, 3.8) is 0 Å². The summed E-state index contributed by atoms with van der Waals surface area (Å²) >= 11 is 0. The molecule has 0 unspecified atom stereocenters. The van der Waals surface area contributed by atoms with E-state index in [-0.39, 0.29) is 12.3 Å². The maximum Gasteiger partial charge on any atom is 0.230 e. The number of aromatic nitrogens is 2. The third-order valence-electron chi connectivity index (χ3n) is 5.80. The molecule has 0 saturated heterocycles. The molecule has 0 saturated carbocycles. The number of benzene rings is 2. The minimum atomic E-state index is -0.0409. The van der Waals surface area contributed by atoms with Crippen LogP contribution in [-0.4, -0.2) is 15.3 Å². The van der Waals surface area contributed by atoms with Crippen molar-refractivity contribution in [3.05, 3.63) is 88.2 Å².